The molecule has 0 aromatic heterocycles. The molecule has 2 bridgehead atoms. The van der Waals surface area contributed by atoms with Gasteiger partial charge in [0.2, 0.25) is 0 Å². The second-order valence-electron chi connectivity index (χ2n) is 3.79. The van der Waals surface area contributed by atoms with Gasteiger partial charge in [0.15, 0.2) is 0 Å². The van der Waals surface area contributed by atoms with E-state index in [9.17, 15) is 0 Å². The Kier molecular flexibility index (Phi) is 1.63. The molecule has 60 valence electrons. The molecule has 2 unspecified atom stereocenters. The minimum Gasteiger partial charge on any atom is -0.0878 e. The Balaban J connectivity index is 2.27. The fourth-order valence-corrected chi connectivity index (χ4v) is 2.70. The Labute approximate surface area is 69.0 Å². The van der Waals surface area contributed by atoms with Gasteiger partial charge in [-0.1, -0.05) is 23.3 Å². The van der Waals surface area contributed by atoms with Gasteiger partial charge in [0.1, 0.15) is 0 Å². The van der Waals surface area contributed by atoms with E-state index in [2.05, 4.69) is 26.0 Å². The molecule has 2 rings (SSSR count). The van der Waals surface area contributed by atoms with Crippen LogP contribution in [-0.4, -0.2) is 0 Å². The number of hydrogen-bond acceptors (Lipinski definition) is 0. The quantitative estimate of drug-likeness (QED) is 0.462. The van der Waals surface area contributed by atoms with Crippen LogP contribution in [0.3, 0.4) is 0 Å². The molecule has 2 saturated carbocycles. The van der Waals surface area contributed by atoms with Gasteiger partial charge in [0.25, 0.3) is 0 Å². The molecular formula is C11H16. The highest BCUT2D eigenvalue weighted by atomic mass is 14.4. The van der Waals surface area contributed by atoms with Crippen molar-refractivity contribution < 1.29 is 0 Å². The van der Waals surface area contributed by atoms with Crippen molar-refractivity contribution in [2.24, 2.45) is 11.8 Å². The average Bonchev–Trinajstić information content (AvgIpc) is 2.60. The zero-order valence-electron chi connectivity index (χ0n) is 7.43. The van der Waals surface area contributed by atoms with Crippen LogP contribution >= 0.6 is 0 Å². The standard InChI is InChI=1S/C11H16/c1-3-9-5-8-6-10(4-2)11(9)7-8/h3-4,8,11H,5-7H2,1-2H3/b9-3-,10-4+. The van der Waals surface area contributed by atoms with Gasteiger partial charge in [-0.25, -0.2) is 0 Å². The second-order valence-corrected chi connectivity index (χ2v) is 3.79. The number of allylic oxidation sites excluding steroid dienone is 4. The first-order chi connectivity index (χ1) is 5.35. The molecule has 2 atom stereocenters. The van der Waals surface area contributed by atoms with Crippen LogP contribution in [0, 0.1) is 11.8 Å². The molecule has 0 aromatic carbocycles. The topological polar surface area (TPSA) is 0 Å². The third kappa shape index (κ3) is 0.962. The zero-order chi connectivity index (χ0) is 7.84. The monoisotopic (exact) mass is 148 g/mol. The van der Waals surface area contributed by atoms with Crippen LogP contribution in [0.2, 0.25) is 0 Å². The minimum absolute atomic E-state index is 0.856. The van der Waals surface area contributed by atoms with Crippen LogP contribution in [0.15, 0.2) is 23.3 Å². The SMILES string of the molecule is C/C=C1/CC2C/C(=C\C)C1C2. The summed E-state index contributed by atoms with van der Waals surface area (Å²) < 4.78 is 0. The summed E-state index contributed by atoms with van der Waals surface area (Å²) in [4.78, 5) is 0. The highest BCUT2D eigenvalue weighted by molar-refractivity contribution is 5.31. The van der Waals surface area contributed by atoms with Crippen molar-refractivity contribution in [1.82, 2.24) is 0 Å². The highest BCUT2D eigenvalue weighted by Crippen LogP contribution is 2.50. The summed E-state index contributed by atoms with van der Waals surface area (Å²) in [6, 6.07) is 0. The van der Waals surface area contributed by atoms with Crippen molar-refractivity contribution in [3.05, 3.63) is 23.3 Å². The lowest BCUT2D eigenvalue weighted by atomic mass is 9.90. The van der Waals surface area contributed by atoms with Gasteiger partial charge in [-0.05, 0) is 39.0 Å². The normalized spacial score (nSPS) is 42.7. The maximum absolute atomic E-state index is 2.33. The Morgan fingerprint density at radius 1 is 1.09 bits per heavy atom. The van der Waals surface area contributed by atoms with E-state index < -0.39 is 0 Å². The molecule has 2 aliphatic carbocycles. The van der Waals surface area contributed by atoms with E-state index in [1.54, 1.807) is 11.1 Å². The van der Waals surface area contributed by atoms with Crippen LogP contribution in [0.1, 0.15) is 33.1 Å². The molecule has 0 heterocycles. The predicted molar refractivity (Wildman–Crippen MR) is 48.3 cm³/mol. The van der Waals surface area contributed by atoms with E-state index in [0.717, 1.165) is 11.8 Å². The molecule has 0 radical (unpaired) electrons. The molecule has 11 heavy (non-hydrogen) atoms. The molecule has 0 amide bonds. The van der Waals surface area contributed by atoms with E-state index in [-0.39, 0.29) is 0 Å². The third-order valence-electron chi connectivity index (χ3n) is 3.25. The van der Waals surface area contributed by atoms with Gasteiger partial charge in [0.05, 0.1) is 0 Å². The van der Waals surface area contributed by atoms with Gasteiger partial charge in [-0.15, -0.1) is 0 Å². The Morgan fingerprint density at radius 2 is 1.64 bits per heavy atom. The number of hydrogen-bond donors (Lipinski definition) is 0. The molecule has 0 nitrogen and oxygen atoms in total. The first-order valence-electron chi connectivity index (χ1n) is 4.65. The van der Waals surface area contributed by atoms with Gasteiger partial charge in [0, 0.05) is 5.92 Å². The highest BCUT2D eigenvalue weighted by Gasteiger charge is 2.37. The summed E-state index contributed by atoms with van der Waals surface area (Å²) in [6.07, 6.45) is 8.87. The fourth-order valence-electron chi connectivity index (χ4n) is 2.70. The Bertz CT molecular complexity index is 198. The van der Waals surface area contributed by atoms with Gasteiger partial charge in [-0.3, -0.25) is 0 Å². The van der Waals surface area contributed by atoms with Crippen LogP contribution in [0.4, 0.5) is 0 Å². The van der Waals surface area contributed by atoms with E-state index >= 15 is 0 Å². The maximum Gasteiger partial charge on any atom is 0.000976 e. The van der Waals surface area contributed by atoms with Gasteiger partial charge in [-0.2, -0.15) is 0 Å². The predicted octanol–water partition coefficient (Wildman–Crippen LogP) is 3.31. The first kappa shape index (κ1) is 7.15. The lowest BCUT2D eigenvalue weighted by molar-refractivity contribution is 0.600. The summed E-state index contributed by atoms with van der Waals surface area (Å²) in [6.45, 7) is 4.37. The molecule has 2 aliphatic rings. The Morgan fingerprint density at radius 3 is 2.00 bits per heavy atom. The van der Waals surface area contributed by atoms with Crippen LogP contribution in [0.5, 0.6) is 0 Å². The summed E-state index contributed by atoms with van der Waals surface area (Å²) in [5.74, 6) is 1.85. The second kappa shape index (κ2) is 2.51. The van der Waals surface area contributed by atoms with Crippen LogP contribution < -0.4 is 0 Å². The average molecular weight is 148 g/mol. The van der Waals surface area contributed by atoms with E-state index in [1.807, 2.05) is 0 Å². The van der Waals surface area contributed by atoms with Crippen molar-refractivity contribution in [2.45, 2.75) is 33.1 Å². The van der Waals surface area contributed by atoms with E-state index in [4.69, 9.17) is 0 Å². The van der Waals surface area contributed by atoms with Crippen molar-refractivity contribution in [2.75, 3.05) is 0 Å². The van der Waals surface area contributed by atoms with Crippen molar-refractivity contribution in [3.63, 3.8) is 0 Å². The van der Waals surface area contributed by atoms with Gasteiger partial charge < -0.3 is 0 Å². The van der Waals surface area contributed by atoms with Crippen molar-refractivity contribution in [3.8, 4) is 0 Å². The number of fused-ring (bicyclic) bond motifs is 2. The molecule has 0 aliphatic heterocycles. The molecule has 0 N–H and O–H groups in total. The zero-order valence-corrected chi connectivity index (χ0v) is 7.43. The van der Waals surface area contributed by atoms with Crippen molar-refractivity contribution in [1.29, 1.82) is 0 Å². The van der Waals surface area contributed by atoms with E-state index in [0.29, 0.717) is 0 Å². The van der Waals surface area contributed by atoms with Crippen molar-refractivity contribution >= 4 is 0 Å². The lowest BCUT2D eigenvalue weighted by Gasteiger charge is -2.16. The molecule has 0 aromatic rings. The number of rotatable bonds is 0. The summed E-state index contributed by atoms with van der Waals surface area (Å²) >= 11 is 0. The molecular weight excluding hydrogens is 132 g/mol. The Hall–Kier alpha value is -0.520. The fraction of sp³-hybridized carbons (Fsp3) is 0.636. The molecule has 2 fully saturated rings. The maximum atomic E-state index is 2.33. The molecule has 0 heteroatoms. The minimum atomic E-state index is 0.856. The third-order valence-corrected chi connectivity index (χ3v) is 3.25. The summed E-state index contributed by atoms with van der Waals surface area (Å²) in [5.41, 5.74) is 3.41. The van der Waals surface area contributed by atoms with Crippen LogP contribution in [-0.2, 0) is 0 Å². The smallest absolute Gasteiger partial charge is 0.000976 e. The molecule has 0 saturated heterocycles. The first-order valence-corrected chi connectivity index (χ1v) is 4.65. The summed E-state index contributed by atoms with van der Waals surface area (Å²) in [7, 11) is 0. The summed E-state index contributed by atoms with van der Waals surface area (Å²) in [5, 5.41) is 0. The van der Waals surface area contributed by atoms with E-state index in [1.165, 1.54) is 19.3 Å². The largest absolute Gasteiger partial charge is 0.0878 e. The van der Waals surface area contributed by atoms with Gasteiger partial charge >= 0.3 is 0 Å². The lowest BCUT2D eigenvalue weighted by Crippen LogP contribution is -2.01. The molecule has 0 spiro atoms. The van der Waals surface area contributed by atoms with Crippen LogP contribution in [0.25, 0.3) is 0 Å².